The van der Waals surface area contributed by atoms with Crippen molar-refractivity contribution in [2.75, 3.05) is 53.1 Å². The van der Waals surface area contributed by atoms with Crippen LogP contribution in [0.25, 0.3) is 5.76 Å². The van der Waals surface area contributed by atoms with Crippen LogP contribution >= 0.6 is 0 Å². The molecule has 1 unspecified atom stereocenters. The lowest BCUT2D eigenvalue weighted by atomic mass is 9.93. The van der Waals surface area contributed by atoms with Crippen molar-refractivity contribution < 1.29 is 33.6 Å². The van der Waals surface area contributed by atoms with Gasteiger partial charge in [-0.15, -0.1) is 0 Å². The predicted molar refractivity (Wildman–Crippen MR) is 162 cm³/mol. The van der Waals surface area contributed by atoms with Crippen molar-refractivity contribution >= 4 is 17.4 Å². The maximum absolute atomic E-state index is 13.6. The maximum Gasteiger partial charge on any atom is 0.295 e. The highest BCUT2D eigenvalue weighted by Crippen LogP contribution is 2.42. The first-order chi connectivity index (χ1) is 20.9. The van der Waals surface area contributed by atoms with Crippen LogP contribution in [-0.4, -0.2) is 79.7 Å². The Balaban J connectivity index is 1.50. The number of aryl methyl sites for hydroxylation is 1. The number of likely N-dealkylation sites (tertiary alicyclic amines) is 1. The zero-order valence-corrected chi connectivity index (χ0v) is 24.9. The van der Waals surface area contributed by atoms with Gasteiger partial charge in [0.1, 0.15) is 18.1 Å². The Bertz CT molecular complexity index is 1480. The normalized spacial score (nSPS) is 18.6. The summed E-state index contributed by atoms with van der Waals surface area (Å²) in [5.74, 6) is 0.0817. The number of aliphatic hydroxyl groups is 1. The molecule has 2 aliphatic rings. The molecule has 3 aromatic rings. The first-order valence-corrected chi connectivity index (χ1v) is 14.6. The molecule has 2 saturated heterocycles. The number of hydrogen-bond acceptors (Lipinski definition) is 8. The van der Waals surface area contributed by atoms with Gasteiger partial charge in [-0.05, 0) is 60.9 Å². The number of ether oxygens (including phenoxy) is 4. The molecule has 2 fully saturated rings. The van der Waals surface area contributed by atoms with Crippen molar-refractivity contribution in [1.82, 2.24) is 9.80 Å². The summed E-state index contributed by atoms with van der Waals surface area (Å²) in [5, 5.41) is 11.7. The minimum atomic E-state index is -0.806. The van der Waals surface area contributed by atoms with E-state index in [1.54, 1.807) is 36.3 Å². The van der Waals surface area contributed by atoms with Crippen LogP contribution in [0.2, 0.25) is 0 Å². The summed E-state index contributed by atoms with van der Waals surface area (Å²) in [6.07, 6.45) is 0. The summed E-state index contributed by atoms with van der Waals surface area (Å²) in [5.41, 5.74) is 2.89. The number of amides is 1. The topological polar surface area (TPSA) is 97.8 Å². The molecule has 1 atom stereocenters. The average molecular weight is 587 g/mol. The quantitative estimate of drug-likeness (QED) is 0.196. The number of morpholine rings is 1. The predicted octanol–water partition coefficient (Wildman–Crippen LogP) is 4.74. The van der Waals surface area contributed by atoms with E-state index in [0.29, 0.717) is 73.5 Å². The number of carbonyl (C=O) groups is 2. The summed E-state index contributed by atoms with van der Waals surface area (Å²) >= 11 is 0. The van der Waals surface area contributed by atoms with Crippen LogP contribution in [-0.2, 0) is 20.9 Å². The highest BCUT2D eigenvalue weighted by Gasteiger charge is 2.46. The largest absolute Gasteiger partial charge is 0.507 e. The number of Topliss-reactive ketones (excluding diaryl/α,β-unsaturated/α-hetero) is 1. The van der Waals surface area contributed by atoms with Gasteiger partial charge < -0.3 is 29.0 Å². The van der Waals surface area contributed by atoms with E-state index < -0.39 is 17.7 Å². The number of carbonyl (C=O) groups excluding carboxylic acids is 2. The van der Waals surface area contributed by atoms with Gasteiger partial charge in [-0.2, -0.15) is 0 Å². The minimum Gasteiger partial charge on any atom is -0.507 e. The molecule has 0 aliphatic carbocycles. The fourth-order valence-corrected chi connectivity index (χ4v) is 5.54. The highest BCUT2D eigenvalue weighted by molar-refractivity contribution is 6.46. The van der Waals surface area contributed by atoms with Crippen molar-refractivity contribution in [2.45, 2.75) is 26.5 Å². The Morgan fingerprint density at radius 3 is 2.42 bits per heavy atom. The van der Waals surface area contributed by atoms with E-state index in [-0.39, 0.29) is 11.3 Å². The molecule has 0 aromatic heterocycles. The Morgan fingerprint density at radius 2 is 1.72 bits per heavy atom. The molecule has 0 saturated carbocycles. The second-order valence-corrected chi connectivity index (χ2v) is 10.5. The van der Waals surface area contributed by atoms with Gasteiger partial charge in [-0.3, -0.25) is 14.5 Å². The van der Waals surface area contributed by atoms with Crippen molar-refractivity contribution in [1.29, 1.82) is 0 Å². The van der Waals surface area contributed by atoms with E-state index in [0.717, 1.165) is 18.7 Å². The summed E-state index contributed by atoms with van der Waals surface area (Å²) in [6.45, 7) is 8.23. The Hall–Kier alpha value is -4.34. The maximum atomic E-state index is 13.6. The highest BCUT2D eigenvalue weighted by atomic mass is 16.5. The van der Waals surface area contributed by atoms with Crippen LogP contribution in [0.3, 0.4) is 0 Å². The lowest BCUT2D eigenvalue weighted by Gasteiger charge is -2.31. The second-order valence-electron chi connectivity index (χ2n) is 10.5. The molecule has 9 nitrogen and oxygen atoms in total. The number of aliphatic hydroxyl groups excluding tert-OH is 1. The molecule has 2 aliphatic heterocycles. The monoisotopic (exact) mass is 586 g/mol. The molecule has 1 amide bonds. The number of rotatable bonds is 11. The van der Waals surface area contributed by atoms with Gasteiger partial charge in [0.25, 0.3) is 11.7 Å². The Morgan fingerprint density at radius 1 is 0.953 bits per heavy atom. The summed E-state index contributed by atoms with van der Waals surface area (Å²) in [4.78, 5) is 30.9. The molecule has 0 spiro atoms. The van der Waals surface area contributed by atoms with Crippen molar-refractivity contribution in [2.24, 2.45) is 0 Å². The lowest BCUT2D eigenvalue weighted by molar-refractivity contribution is -0.140. The van der Waals surface area contributed by atoms with Crippen LogP contribution in [0.1, 0.15) is 35.2 Å². The first kappa shape index (κ1) is 30.1. The summed E-state index contributed by atoms with van der Waals surface area (Å²) in [7, 11) is 1.54. The fraction of sp³-hybridized carbons (Fsp3) is 0.353. The SMILES string of the molecule is CCOc1ccc(C2/C(=C(/O)c3ccc(OCc4ccccc4)cc3C)C(=O)C(=O)N2CCN2CCOCC2)cc1OC. The van der Waals surface area contributed by atoms with E-state index in [9.17, 15) is 14.7 Å². The summed E-state index contributed by atoms with van der Waals surface area (Å²) in [6, 6.07) is 19.7. The Kier molecular flexibility index (Phi) is 9.64. The lowest BCUT2D eigenvalue weighted by Crippen LogP contribution is -2.42. The van der Waals surface area contributed by atoms with Gasteiger partial charge in [0.15, 0.2) is 11.5 Å². The smallest absolute Gasteiger partial charge is 0.295 e. The number of ketones is 1. The number of nitrogens with zero attached hydrogens (tertiary/aromatic N) is 2. The number of hydrogen-bond donors (Lipinski definition) is 1. The third kappa shape index (κ3) is 6.68. The molecule has 5 rings (SSSR count). The van der Waals surface area contributed by atoms with Gasteiger partial charge in [0.2, 0.25) is 0 Å². The molecule has 2 heterocycles. The zero-order chi connectivity index (χ0) is 30.3. The van der Waals surface area contributed by atoms with Crippen molar-refractivity contribution in [3.63, 3.8) is 0 Å². The molecule has 0 bridgehead atoms. The van der Waals surface area contributed by atoms with E-state index in [1.807, 2.05) is 56.3 Å². The van der Waals surface area contributed by atoms with Gasteiger partial charge >= 0.3 is 0 Å². The van der Waals surface area contributed by atoms with E-state index in [1.165, 1.54) is 0 Å². The van der Waals surface area contributed by atoms with Crippen molar-refractivity contribution in [3.8, 4) is 17.2 Å². The van der Waals surface area contributed by atoms with Gasteiger partial charge in [0, 0.05) is 31.7 Å². The molecule has 226 valence electrons. The third-order valence-electron chi connectivity index (χ3n) is 7.81. The molecular formula is C34H38N2O7. The third-order valence-corrected chi connectivity index (χ3v) is 7.81. The van der Waals surface area contributed by atoms with E-state index >= 15 is 0 Å². The van der Waals surface area contributed by atoms with Gasteiger partial charge in [-0.1, -0.05) is 36.4 Å². The molecule has 43 heavy (non-hydrogen) atoms. The zero-order valence-electron chi connectivity index (χ0n) is 24.9. The average Bonchev–Trinajstić information content (AvgIpc) is 3.29. The Labute approximate surface area is 252 Å². The van der Waals surface area contributed by atoms with Crippen LogP contribution in [0.4, 0.5) is 0 Å². The van der Waals surface area contributed by atoms with E-state index in [2.05, 4.69) is 4.90 Å². The van der Waals surface area contributed by atoms with Gasteiger partial charge in [-0.25, -0.2) is 0 Å². The molecule has 9 heteroatoms. The van der Waals surface area contributed by atoms with Crippen LogP contribution in [0.5, 0.6) is 17.2 Å². The minimum absolute atomic E-state index is 0.0410. The summed E-state index contributed by atoms with van der Waals surface area (Å²) < 4.78 is 22.7. The molecular weight excluding hydrogens is 548 g/mol. The number of benzene rings is 3. The van der Waals surface area contributed by atoms with Crippen LogP contribution in [0.15, 0.2) is 72.3 Å². The van der Waals surface area contributed by atoms with E-state index in [4.69, 9.17) is 18.9 Å². The fourth-order valence-electron chi connectivity index (χ4n) is 5.54. The number of methoxy groups -OCH3 is 1. The molecule has 0 radical (unpaired) electrons. The molecule has 1 N–H and O–H groups in total. The molecule has 3 aromatic carbocycles. The van der Waals surface area contributed by atoms with Crippen LogP contribution < -0.4 is 14.2 Å². The van der Waals surface area contributed by atoms with Gasteiger partial charge in [0.05, 0.1) is 38.5 Å². The first-order valence-electron chi connectivity index (χ1n) is 14.6. The van der Waals surface area contributed by atoms with Crippen LogP contribution in [0, 0.1) is 6.92 Å². The van der Waals surface area contributed by atoms with Crippen molar-refractivity contribution in [3.05, 3.63) is 94.6 Å². The standard InChI is InChI=1S/C34H38N2O7/c1-4-42-28-13-10-25(21-29(28)40-3)31-30(33(38)34(39)36(31)15-14-35-16-18-41-19-17-35)32(37)27-12-11-26(20-23(27)2)43-22-24-8-6-5-7-9-24/h5-13,20-21,31,37H,4,14-19,22H2,1-3H3/b32-30-. The second kappa shape index (κ2) is 13.8.